The molecule has 4 rings (SSSR count). The van der Waals surface area contributed by atoms with Crippen LogP contribution in [-0.4, -0.2) is 56.0 Å². The average molecular weight is 569 g/mol. The van der Waals surface area contributed by atoms with Gasteiger partial charge in [-0.2, -0.15) is 0 Å². The summed E-state index contributed by atoms with van der Waals surface area (Å²) in [6.45, 7) is 12.1. The number of ketones is 3. The second-order valence-corrected chi connectivity index (χ2v) is 13.1. The molecule has 0 aliphatic heterocycles. The van der Waals surface area contributed by atoms with E-state index >= 15 is 0 Å². The number of Topliss-reactive ketones (excluding diaryl/α,β-unsaturated/α-hetero) is 3. The van der Waals surface area contributed by atoms with Crippen LogP contribution in [0.5, 0.6) is 5.75 Å². The summed E-state index contributed by atoms with van der Waals surface area (Å²) >= 11 is 0. The lowest BCUT2D eigenvalue weighted by Crippen LogP contribution is -2.69. The number of hydrogen-bond donors (Lipinski definition) is 4. The smallest absolute Gasteiger partial charge is 0.306 e. The van der Waals surface area contributed by atoms with Crippen molar-refractivity contribution in [1.82, 2.24) is 0 Å². The topological polar surface area (TPSA) is 158 Å². The molecule has 0 heterocycles. The van der Waals surface area contributed by atoms with Crippen LogP contribution in [0.25, 0.3) is 5.76 Å². The summed E-state index contributed by atoms with van der Waals surface area (Å²) < 4.78 is 5.29. The number of aliphatic hydroxyl groups excluding tert-OH is 2. The average Bonchev–Trinajstić information content (AvgIpc) is 2.84. The first kappa shape index (κ1) is 30.5. The first-order valence-electron chi connectivity index (χ1n) is 14.1. The van der Waals surface area contributed by atoms with Gasteiger partial charge in [0.25, 0.3) is 0 Å². The van der Waals surface area contributed by atoms with E-state index in [0.717, 1.165) is 6.92 Å². The van der Waals surface area contributed by atoms with Gasteiger partial charge in [-0.1, -0.05) is 47.6 Å². The van der Waals surface area contributed by atoms with Crippen LogP contribution in [0.1, 0.15) is 78.0 Å². The predicted octanol–water partition coefficient (Wildman–Crippen LogP) is 4.32. The Morgan fingerprint density at radius 1 is 1.07 bits per heavy atom. The Kier molecular flexibility index (Phi) is 7.53. The number of fused-ring (bicyclic) bond motifs is 3. The molecule has 3 aliphatic carbocycles. The fraction of sp³-hybridized carbons (Fsp3) is 0.562. The summed E-state index contributed by atoms with van der Waals surface area (Å²) in [6, 6.07) is 3.04. The third-order valence-corrected chi connectivity index (χ3v) is 9.16. The molecule has 1 unspecified atom stereocenters. The molecule has 0 saturated heterocycles. The highest BCUT2D eigenvalue weighted by Crippen LogP contribution is 2.65. The highest BCUT2D eigenvalue weighted by Gasteiger charge is 2.72. The van der Waals surface area contributed by atoms with Gasteiger partial charge in [0.2, 0.25) is 5.78 Å². The molecule has 9 heteroatoms. The largest absolute Gasteiger partial charge is 0.508 e. The zero-order valence-corrected chi connectivity index (χ0v) is 24.8. The summed E-state index contributed by atoms with van der Waals surface area (Å²) in [6.07, 6.45) is 0.514. The van der Waals surface area contributed by atoms with Crippen LogP contribution in [0.15, 0.2) is 29.0 Å². The number of phenols is 1. The van der Waals surface area contributed by atoms with Crippen molar-refractivity contribution in [2.45, 2.75) is 79.8 Å². The molecule has 4 atom stereocenters. The zero-order chi connectivity index (χ0) is 30.8. The highest BCUT2D eigenvalue weighted by molar-refractivity contribution is 6.24. The van der Waals surface area contributed by atoms with E-state index in [-0.39, 0.29) is 54.5 Å². The molecule has 0 radical (unpaired) electrons. The van der Waals surface area contributed by atoms with Gasteiger partial charge >= 0.3 is 5.97 Å². The normalized spacial score (nSPS) is 29.5. The number of ether oxygens (including phenoxy) is 1. The summed E-state index contributed by atoms with van der Waals surface area (Å²) in [7, 11) is 0. The lowest BCUT2D eigenvalue weighted by atomic mass is 9.43. The second kappa shape index (κ2) is 10.1. The Hall–Kier alpha value is -3.46. The molecule has 1 fully saturated rings. The Bertz CT molecular complexity index is 1410. The highest BCUT2D eigenvalue weighted by atomic mass is 16.5. The molecule has 9 nitrogen and oxygen atoms in total. The standard InChI is InChI=1S/C32H40O9/c1-15(2)13-41-21(35)11-9-18-8-10-20(34)23-19(18)12-30(6)14-31(7)24(16(3)4)26(36)22(17(5)33)28(38)32(31,40)29(39)25(30)27(23)37/h8,10,15-16,24,34,37-38,40H,9,11-14H2,1-7H3/t24?,30-,31-,32+/m1/s1. The van der Waals surface area contributed by atoms with Gasteiger partial charge in [-0.05, 0) is 55.2 Å². The SMILES string of the molecule is CC(=O)C1=C(O)[C@]2(O)C(=O)C3=C(O)c4c(O)ccc(CCC(=O)OCC(C)C)c4C[C@]3(C)C[C@]2(C)C(C(C)C)C1=O. The maximum atomic E-state index is 14.3. The van der Waals surface area contributed by atoms with E-state index in [1.807, 2.05) is 13.8 Å². The number of phenolic OH excluding ortho intramolecular Hbond substituents is 1. The van der Waals surface area contributed by atoms with Gasteiger partial charge in [-0.25, -0.2) is 0 Å². The van der Waals surface area contributed by atoms with E-state index in [4.69, 9.17) is 4.74 Å². The quantitative estimate of drug-likeness (QED) is 0.278. The first-order chi connectivity index (χ1) is 18.9. The maximum Gasteiger partial charge on any atom is 0.306 e. The van der Waals surface area contributed by atoms with Crippen molar-refractivity contribution in [3.63, 3.8) is 0 Å². The summed E-state index contributed by atoms with van der Waals surface area (Å²) in [4.78, 5) is 52.7. The number of allylic oxidation sites excluding steroid dienone is 1. The van der Waals surface area contributed by atoms with E-state index in [1.54, 1.807) is 33.8 Å². The summed E-state index contributed by atoms with van der Waals surface area (Å²) in [5.41, 5.74) is -4.81. The third kappa shape index (κ3) is 4.40. The molecule has 0 spiro atoms. The fourth-order valence-electron chi connectivity index (χ4n) is 7.58. The lowest BCUT2D eigenvalue weighted by molar-refractivity contribution is -0.178. The van der Waals surface area contributed by atoms with Crippen LogP contribution in [0.2, 0.25) is 0 Å². The molecule has 0 bridgehead atoms. The van der Waals surface area contributed by atoms with Crippen molar-refractivity contribution in [2.24, 2.45) is 28.6 Å². The molecule has 0 amide bonds. The Morgan fingerprint density at radius 2 is 1.71 bits per heavy atom. The van der Waals surface area contributed by atoms with E-state index in [1.165, 1.54) is 6.07 Å². The Morgan fingerprint density at radius 3 is 2.27 bits per heavy atom. The molecule has 1 aromatic carbocycles. The van der Waals surface area contributed by atoms with Gasteiger partial charge in [-0.15, -0.1) is 0 Å². The predicted molar refractivity (Wildman–Crippen MR) is 150 cm³/mol. The molecule has 1 aromatic rings. The summed E-state index contributed by atoms with van der Waals surface area (Å²) in [5.74, 6) is -5.78. The number of aryl methyl sites for hydroxylation is 1. The minimum Gasteiger partial charge on any atom is -0.508 e. The van der Waals surface area contributed by atoms with E-state index < -0.39 is 62.7 Å². The Balaban J connectivity index is 1.89. The first-order valence-corrected chi connectivity index (χ1v) is 14.1. The van der Waals surface area contributed by atoms with Crippen LogP contribution in [0.3, 0.4) is 0 Å². The number of benzene rings is 1. The minimum atomic E-state index is -2.65. The zero-order valence-electron chi connectivity index (χ0n) is 24.8. The molecule has 41 heavy (non-hydrogen) atoms. The van der Waals surface area contributed by atoms with E-state index in [2.05, 4.69) is 0 Å². The number of hydrogen-bond acceptors (Lipinski definition) is 9. The molecule has 222 valence electrons. The number of carbonyl (C=O) groups is 4. The van der Waals surface area contributed by atoms with Crippen molar-refractivity contribution >= 4 is 29.1 Å². The lowest BCUT2D eigenvalue weighted by Gasteiger charge is -2.59. The number of aromatic hydroxyl groups is 1. The van der Waals surface area contributed by atoms with Gasteiger partial charge in [0, 0.05) is 28.7 Å². The van der Waals surface area contributed by atoms with Crippen LogP contribution < -0.4 is 0 Å². The van der Waals surface area contributed by atoms with Gasteiger partial charge in [0.1, 0.15) is 22.8 Å². The van der Waals surface area contributed by atoms with Crippen molar-refractivity contribution in [3.8, 4) is 5.75 Å². The number of carbonyl (C=O) groups excluding carboxylic acids is 4. The van der Waals surface area contributed by atoms with Crippen LogP contribution in [-0.2, 0) is 36.8 Å². The van der Waals surface area contributed by atoms with Gasteiger partial charge in [0.15, 0.2) is 17.2 Å². The van der Waals surface area contributed by atoms with Crippen molar-refractivity contribution < 1.29 is 44.3 Å². The van der Waals surface area contributed by atoms with Gasteiger partial charge in [-0.3, -0.25) is 19.2 Å². The van der Waals surface area contributed by atoms with Gasteiger partial charge in [0.05, 0.1) is 12.2 Å². The number of rotatable bonds is 7. The molecule has 4 N–H and O–H groups in total. The molecule has 0 aromatic heterocycles. The fourth-order valence-corrected chi connectivity index (χ4v) is 7.58. The van der Waals surface area contributed by atoms with E-state index in [9.17, 15) is 39.6 Å². The van der Waals surface area contributed by atoms with Gasteiger partial charge < -0.3 is 25.2 Å². The molecule has 1 saturated carbocycles. The maximum absolute atomic E-state index is 14.3. The summed E-state index contributed by atoms with van der Waals surface area (Å²) in [5, 5.41) is 45.7. The second-order valence-electron chi connectivity index (χ2n) is 13.1. The number of esters is 1. The van der Waals surface area contributed by atoms with E-state index in [0.29, 0.717) is 17.7 Å². The molecular formula is C32H40O9. The van der Waals surface area contributed by atoms with Crippen molar-refractivity contribution in [2.75, 3.05) is 6.61 Å². The monoisotopic (exact) mass is 568 g/mol. The van der Waals surface area contributed by atoms with Crippen molar-refractivity contribution in [3.05, 3.63) is 45.7 Å². The van der Waals surface area contributed by atoms with Crippen molar-refractivity contribution in [1.29, 1.82) is 0 Å². The third-order valence-electron chi connectivity index (χ3n) is 9.16. The Labute approximate surface area is 239 Å². The molecular weight excluding hydrogens is 528 g/mol. The minimum absolute atomic E-state index is 0.0103. The molecule has 3 aliphatic rings. The van der Waals surface area contributed by atoms with Crippen LogP contribution in [0, 0.1) is 28.6 Å². The number of aliphatic hydroxyl groups is 3. The van der Waals surface area contributed by atoms with Crippen LogP contribution in [0.4, 0.5) is 0 Å². The van der Waals surface area contributed by atoms with Crippen LogP contribution >= 0.6 is 0 Å².